The third-order valence-corrected chi connectivity index (χ3v) is 3.56. The lowest BCUT2D eigenvalue weighted by molar-refractivity contribution is -0.124. The van der Waals surface area contributed by atoms with Gasteiger partial charge >= 0.3 is 0 Å². The van der Waals surface area contributed by atoms with Gasteiger partial charge in [-0.3, -0.25) is 9.59 Å². The molecular weight excluding hydrogens is 240 g/mol. The Labute approximate surface area is 113 Å². The van der Waals surface area contributed by atoms with E-state index in [1.807, 2.05) is 13.0 Å². The van der Waals surface area contributed by atoms with Gasteiger partial charge in [-0.25, -0.2) is 0 Å². The van der Waals surface area contributed by atoms with Gasteiger partial charge in [0.25, 0.3) is 11.8 Å². The summed E-state index contributed by atoms with van der Waals surface area (Å²) < 4.78 is 0. The number of rotatable bonds is 3. The van der Waals surface area contributed by atoms with E-state index in [9.17, 15) is 9.59 Å². The Morgan fingerprint density at radius 1 is 1.37 bits per heavy atom. The van der Waals surface area contributed by atoms with Gasteiger partial charge in [0, 0.05) is 6.54 Å². The summed E-state index contributed by atoms with van der Waals surface area (Å²) in [7, 11) is 0. The topological polar surface area (TPSA) is 49.4 Å². The lowest BCUT2D eigenvalue weighted by Crippen LogP contribution is -2.55. The van der Waals surface area contributed by atoms with Gasteiger partial charge in [-0.15, -0.1) is 6.58 Å². The number of benzene rings is 1. The maximum atomic E-state index is 12.7. The first-order valence-electron chi connectivity index (χ1n) is 6.38. The molecule has 0 saturated carbocycles. The van der Waals surface area contributed by atoms with Gasteiger partial charge in [-0.1, -0.05) is 25.1 Å². The fraction of sp³-hybridized carbons (Fsp3) is 0.333. The largest absolute Gasteiger partial charge is 0.338 e. The monoisotopic (exact) mass is 258 g/mol. The van der Waals surface area contributed by atoms with Gasteiger partial charge in [0.15, 0.2) is 0 Å². The van der Waals surface area contributed by atoms with Crippen molar-refractivity contribution in [3.05, 3.63) is 42.5 Å². The third-order valence-electron chi connectivity index (χ3n) is 3.56. The Balaban J connectivity index is 2.60. The first-order valence-corrected chi connectivity index (χ1v) is 6.38. The second-order valence-corrected chi connectivity index (χ2v) is 4.86. The molecule has 0 aliphatic carbocycles. The molecular formula is C15H18N2O2. The van der Waals surface area contributed by atoms with Crippen molar-refractivity contribution < 1.29 is 9.59 Å². The van der Waals surface area contributed by atoms with Crippen LogP contribution in [0.5, 0.6) is 0 Å². The Kier molecular flexibility index (Phi) is 3.42. The molecule has 1 aromatic rings. The second kappa shape index (κ2) is 4.88. The van der Waals surface area contributed by atoms with Gasteiger partial charge in [-0.05, 0) is 25.5 Å². The molecule has 0 fully saturated rings. The summed E-state index contributed by atoms with van der Waals surface area (Å²) in [4.78, 5) is 26.5. The maximum Gasteiger partial charge on any atom is 0.254 e. The van der Waals surface area contributed by atoms with Crippen molar-refractivity contribution >= 4 is 17.5 Å². The Morgan fingerprint density at radius 2 is 2.05 bits per heavy atom. The van der Waals surface area contributed by atoms with Gasteiger partial charge in [-0.2, -0.15) is 0 Å². The van der Waals surface area contributed by atoms with Crippen LogP contribution in [0.15, 0.2) is 36.9 Å². The highest BCUT2D eigenvalue weighted by atomic mass is 16.2. The highest BCUT2D eigenvalue weighted by Crippen LogP contribution is 2.28. The van der Waals surface area contributed by atoms with Crippen LogP contribution in [0.25, 0.3) is 0 Å². The standard InChI is InChI=1S/C15H18N2O2/c1-4-10-17-12-9-7-6-8-11(12)13(18)16-15(3,5-2)14(17)19/h4,6-9H,1,5,10H2,2-3H3,(H,16,18). The molecule has 0 bridgehead atoms. The molecule has 4 heteroatoms. The molecule has 0 spiro atoms. The van der Waals surface area contributed by atoms with E-state index in [2.05, 4.69) is 11.9 Å². The van der Waals surface area contributed by atoms with Crippen molar-refractivity contribution in [3.63, 3.8) is 0 Å². The molecule has 1 aliphatic heterocycles. The normalized spacial score (nSPS) is 22.5. The van der Waals surface area contributed by atoms with Crippen LogP contribution in [0, 0.1) is 0 Å². The molecule has 0 aromatic heterocycles. The van der Waals surface area contributed by atoms with Crippen molar-refractivity contribution in [1.29, 1.82) is 0 Å². The van der Waals surface area contributed by atoms with Gasteiger partial charge in [0.2, 0.25) is 0 Å². The molecule has 19 heavy (non-hydrogen) atoms. The summed E-state index contributed by atoms with van der Waals surface area (Å²) in [6, 6.07) is 7.14. The van der Waals surface area contributed by atoms with E-state index < -0.39 is 5.54 Å². The Bertz CT molecular complexity index is 539. The minimum absolute atomic E-state index is 0.104. The van der Waals surface area contributed by atoms with Crippen LogP contribution in [0.4, 0.5) is 5.69 Å². The highest BCUT2D eigenvalue weighted by molar-refractivity contribution is 6.12. The van der Waals surface area contributed by atoms with E-state index in [4.69, 9.17) is 0 Å². The third kappa shape index (κ3) is 2.14. The predicted molar refractivity (Wildman–Crippen MR) is 75.2 cm³/mol. The zero-order chi connectivity index (χ0) is 14.0. The average Bonchev–Trinajstić information content (AvgIpc) is 2.50. The average molecular weight is 258 g/mol. The number of hydrogen-bond acceptors (Lipinski definition) is 2. The number of hydrogen-bond donors (Lipinski definition) is 1. The summed E-state index contributed by atoms with van der Waals surface area (Å²) in [5.74, 6) is -0.312. The number of carbonyl (C=O) groups excluding carboxylic acids is 2. The van der Waals surface area contributed by atoms with Crippen LogP contribution < -0.4 is 10.2 Å². The SMILES string of the molecule is C=CCN1C(=O)C(C)(CC)NC(=O)c2ccccc21. The lowest BCUT2D eigenvalue weighted by atomic mass is 9.97. The fourth-order valence-electron chi connectivity index (χ4n) is 2.23. The van der Waals surface area contributed by atoms with Crippen molar-refractivity contribution in [1.82, 2.24) is 5.32 Å². The molecule has 0 saturated heterocycles. The first kappa shape index (κ1) is 13.3. The fourth-order valence-corrected chi connectivity index (χ4v) is 2.23. The van der Waals surface area contributed by atoms with Crippen LogP contribution in [0.2, 0.25) is 0 Å². The van der Waals surface area contributed by atoms with Gasteiger partial charge in [0.1, 0.15) is 5.54 Å². The molecule has 1 atom stereocenters. The Hall–Kier alpha value is -2.10. The molecule has 1 aromatic carbocycles. The molecule has 100 valence electrons. The lowest BCUT2D eigenvalue weighted by Gasteiger charge is -2.30. The molecule has 1 N–H and O–H groups in total. The number of amides is 2. The van der Waals surface area contributed by atoms with Crippen molar-refractivity contribution in [2.45, 2.75) is 25.8 Å². The van der Waals surface area contributed by atoms with E-state index in [1.165, 1.54) is 0 Å². The van der Waals surface area contributed by atoms with Crippen LogP contribution in [-0.4, -0.2) is 23.9 Å². The van der Waals surface area contributed by atoms with E-state index in [0.717, 1.165) is 0 Å². The second-order valence-electron chi connectivity index (χ2n) is 4.86. The number of carbonyl (C=O) groups is 2. The highest BCUT2D eigenvalue weighted by Gasteiger charge is 2.40. The minimum Gasteiger partial charge on any atom is -0.338 e. The summed E-state index contributed by atoms with van der Waals surface area (Å²) in [6.45, 7) is 7.72. The summed E-state index contributed by atoms with van der Waals surface area (Å²) in [6.07, 6.45) is 2.21. The van der Waals surface area contributed by atoms with E-state index >= 15 is 0 Å². The number of anilines is 1. The van der Waals surface area contributed by atoms with Gasteiger partial charge < -0.3 is 10.2 Å². The van der Waals surface area contributed by atoms with Crippen LogP contribution in [0.3, 0.4) is 0 Å². The van der Waals surface area contributed by atoms with Crippen LogP contribution in [-0.2, 0) is 4.79 Å². The Morgan fingerprint density at radius 3 is 2.68 bits per heavy atom. The molecule has 4 nitrogen and oxygen atoms in total. The molecule has 0 radical (unpaired) electrons. The molecule has 2 rings (SSSR count). The molecule has 2 amide bonds. The number of para-hydroxylation sites is 1. The van der Waals surface area contributed by atoms with Gasteiger partial charge in [0.05, 0.1) is 11.3 Å². The van der Waals surface area contributed by atoms with Crippen LogP contribution >= 0.6 is 0 Å². The van der Waals surface area contributed by atoms with E-state index in [1.54, 1.807) is 36.1 Å². The minimum atomic E-state index is -0.876. The number of fused-ring (bicyclic) bond motifs is 1. The smallest absolute Gasteiger partial charge is 0.254 e. The van der Waals surface area contributed by atoms with E-state index in [-0.39, 0.29) is 11.8 Å². The molecule has 1 aliphatic rings. The summed E-state index contributed by atoms with van der Waals surface area (Å²) >= 11 is 0. The van der Waals surface area contributed by atoms with Crippen molar-refractivity contribution in [2.75, 3.05) is 11.4 Å². The van der Waals surface area contributed by atoms with Crippen molar-refractivity contribution in [3.8, 4) is 0 Å². The summed E-state index contributed by atoms with van der Waals surface area (Å²) in [5.41, 5.74) is 0.288. The quantitative estimate of drug-likeness (QED) is 0.844. The molecule has 1 unspecified atom stereocenters. The summed E-state index contributed by atoms with van der Waals surface area (Å²) in [5, 5.41) is 2.83. The van der Waals surface area contributed by atoms with E-state index in [0.29, 0.717) is 24.2 Å². The predicted octanol–water partition coefficient (Wildman–Crippen LogP) is 2.12. The molecule has 1 heterocycles. The van der Waals surface area contributed by atoms with Crippen molar-refractivity contribution in [2.24, 2.45) is 0 Å². The maximum absolute atomic E-state index is 12.7. The zero-order valence-corrected chi connectivity index (χ0v) is 11.3. The zero-order valence-electron chi connectivity index (χ0n) is 11.3. The number of nitrogens with zero attached hydrogens (tertiary/aromatic N) is 1. The first-order chi connectivity index (χ1) is 9.03. The van der Waals surface area contributed by atoms with Crippen LogP contribution in [0.1, 0.15) is 30.6 Å². The number of nitrogens with one attached hydrogen (secondary N) is 1.